The second kappa shape index (κ2) is 7.61. The molecule has 1 heterocycles. The Bertz CT molecular complexity index is 866. The monoisotopic (exact) mass is 386 g/mol. The Morgan fingerprint density at radius 3 is 2.70 bits per heavy atom. The van der Waals surface area contributed by atoms with Gasteiger partial charge in [-0.1, -0.05) is 41.9 Å². The topological polar surface area (TPSA) is 69.6 Å². The van der Waals surface area contributed by atoms with Crippen molar-refractivity contribution < 1.29 is 14.7 Å². The van der Waals surface area contributed by atoms with Gasteiger partial charge in [0.05, 0.1) is 0 Å². The molecular formula is C21H23ClN2O3. The number of carbonyl (C=O) groups is 2. The largest absolute Gasteiger partial charge is 0.508 e. The summed E-state index contributed by atoms with van der Waals surface area (Å²) in [5, 5.41) is 13.7. The SMILES string of the molecule is CC1(C)C(=O)NCCN1C(=O)C[C@@H](c1cccc(Cl)c1)c1ccccc1O. The van der Waals surface area contributed by atoms with Crippen molar-refractivity contribution in [3.8, 4) is 5.75 Å². The summed E-state index contributed by atoms with van der Waals surface area (Å²) < 4.78 is 0. The van der Waals surface area contributed by atoms with Crippen LogP contribution in [0, 0.1) is 0 Å². The lowest BCUT2D eigenvalue weighted by Gasteiger charge is -2.41. The third kappa shape index (κ3) is 3.93. The van der Waals surface area contributed by atoms with Gasteiger partial charge in [0.25, 0.3) is 0 Å². The van der Waals surface area contributed by atoms with E-state index in [1.54, 1.807) is 43.0 Å². The summed E-state index contributed by atoms with van der Waals surface area (Å²) in [5.41, 5.74) is 0.594. The molecule has 0 saturated carbocycles. The highest BCUT2D eigenvalue weighted by Crippen LogP contribution is 2.36. The number of para-hydroxylation sites is 1. The van der Waals surface area contributed by atoms with Crippen LogP contribution in [0.15, 0.2) is 48.5 Å². The fraction of sp³-hybridized carbons (Fsp3) is 0.333. The maximum atomic E-state index is 13.1. The number of nitrogens with one attached hydrogen (secondary N) is 1. The average molecular weight is 387 g/mol. The van der Waals surface area contributed by atoms with Crippen LogP contribution in [-0.2, 0) is 9.59 Å². The number of hydrogen-bond donors (Lipinski definition) is 2. The van der Waals surface area contributed by atoms with E-state index in [1.165, 1.54) is 0 Å². The number of halogens is 1. The number of phenols is 1. The highest BCUT2D eigenvalue weighted by atomic mass is 35.5. The lowest BCUT2D eigenvalue weighted by molar-refractivity contribution is -0.149. The Labute approximate surface area is 163 Å². The summed E-state index contributed by atoms with van der Waals surface area (Å²) in [7, 11) is 0. The van der Waals surface area contributed by atoms with Gasteiger partial charge in [-0.2, -0.15) is 0 Å². The Hall–Kier alpha value is -2.53. The summed E-state index contributed by atoms with van der Waals surface area (Å²) in [4.78, 5) is 27.0. The third-order valence-electron chi connectivity index (χ3n) is 5.09. The molecule has 3 rings (SSSR count). The van der Waals surface area contributed by atoms with E-state index >= 15 is 0 Å². The van der Waals surface area contributed by atoms with Crippen LogP contribution in [0.1, 0.15) is 37.3 Å². The van der Waals surface area contributed by atoms with Crippen molar-refractivity contribution in [2.24, 2.45) is 0 Å². The van der Waals surface area contributed by atoms with Gasteiger partial charge in [-0.3, -0.25) is 9.59 Å². The average Bonchev–Trinajstić information content (AvgIpc) is 2.62. The number of carbonyl (C=O) groups excluding carboxylic acids is 2. The number of hydrogen-bond acceptors (Lipinski definition) is 3. The van der Waals surface area contributed by atoms with Crippen molar-refractivity contribution >= 4 is 23.4 Å². The molecule has 0 spiro atoms. The van der Waals surface area contributed by atoms with Crippen LogP contribution in [0.4, 0.5) is 0 Å². The Kier molecular flexibility index (Phi) is 5.42. The molecule has 1 atom stereocenters. The fourth-order valence-electron chi connectivity index (χ4n) is 3.53. The van der Waals surface area contributed by atoms with Crippen LogP contribution >= 0.6 is 11.6 Å². The molecule has 5 nitrogen and oxygen atoms in total. The molecule has 6 heteroatoms. The molecule has 27 heavy (non-hydrogen) atoms. The predicted octanol–water partition coefficient (Wildman–Crippen LogP) is 3.30. The zero-order valence-corrected chi connectivity index (χ0v) is 16.2. The van der Waals surface area contributed by atoms with Gasteiger partial charge in [-0.05, 0) is 37.6 Å². The molecular weight excluding hydrogens is 364 g/mol. The fourth-order valence-corrected chi connectivity index (χ4v) is 3.73. The molecule has 1 saturated heterocycles. The van der Waals surface area contributed by atoms with E-state index in [1.807, 2.05) is 24.3 Å². The first-order chi connectivity index (χ1) is 12.8. The van der Waals surface area contributed by atoms with Gasteiger partial charge >= 0.3 is 0 Å². The van der Waals surface area contributed by atoms with Crippen LogP contribution in [0.3, 0.4) is 0 Å². The molecule has 0 unspecified atom stereocenters. The lowest BCUT2D eigenvalue weighted by Crippen LogP contribution is -2.63. The van der Waals surface area contributed by atoms with Gasteiger partial charge in [0.1, 0.15) is 11.3 Å². The van der Waals surface area contributed by atoms with E-state index in [2.05, 4.69) is 5.32 Å². The van der Waals surface area contributed by atoms with E-state index < -0.39 is 5.54 Å². The number of piperazine rings is 1. The summed E-state index contributed by atoms with van der Waals surface area (Å²) >= 11 is 6.16. The van der Waals surface area contributed by atoms with Gasteiger partial charge in [-0.15, -0.1) is 0 Å². The standard InChI is InChI=1S/C21H23ClN2O3/c1-21(2)20(27)23-10-11-24(21)19(26)13-17(14-6-5-7-15(22)12-14)16-8-3-4-9-18(16)25/h3-9,12,17,25H,10-11,13H2,1-2H3,(H,23,27)/t17-/m0/s1. The minimum absolute atomic E-state index is 0.130. The maximum Gasteiger partial charge on any atom is 0.245 e. The van der Waals surface area contributed by atoms with Crippen LogP contribution < -0.4 is 5.32 Å². The van der Waals surface area contributed by atoms with Gasteiger partial charge in [0.15, 0.2) is 0 Å². The first-order valence-electron chi connectivity index (χ1n) is 8.93. The van der Waals surface area contributed by atoms with Crippen LogP contribution in [-0.4, -0.2) is 40.4 Å². The summed E-state index contributed by atoms with van der Waals surface area (Å²) in [6, 6.07) is 14.3. The van der Waals surface area contributed by atoms with Gasteiger partial charge in [0, 0.05) is 36.0 Å². The van der Waals surface area contributed by atoms with Gasteiger partial charge in [0.2, 0.25) is 11.8 Å². The van der Waals surface area contributed by atoms with Crippen LogP contribution in [0.2, 0.25) is 5.02 Å². The minimum Gasteiger partial charge on any atom is -0.508 e. The Balaban J connectivity index is 1.96. The Morgan fingerprint density at radius 2 is 2.00 bits per heavy atom. The van der Waals surface area contributed by atoms with Gasteiger partial charge in [-0.25, -0.2) is 0 Å². The molecule has 1 aliphatic rings. The summed E-state index contributed by atoms with van der Waals surface area (Å²) in [5.74, 6) is -0.531. The molecule has 2 aromatic carbocycles. The molecule has 1 fully saturated rings. The first-order valence-corrected chi connectivity index (χ1v) is 9.30. The van der Waals surface area contributed by atoms with E-state index in [4.69, 9.17) is 11.6 Å². The smallest absolute Gasteiger partial charge is 0.245 e. The molecule has 0 aromatic heterocycles. The normalized spacial score (nSPS) is 17.3. The first kappa shape index (κ1) is 19.2. The van der Waals surface area contributed by atoms with Crippen molar-refractivity contribution in [1.82, 2.24) is 10.2 Å². The van der Waals surface area contributed by atoms with Crippen molar-refractivity contribution in [2.45, 2.75) is 31.7 Å². The lowest BCUT2D eigenvalue weighted by atomic mass is 9.86. The van der Waals surface area contributed by atoms with E-state index in [0.29, 0.717) is 23.7 Å². The zero-order chi connectivity index (χ0) is 19.6. The number of benzene rings is 2. The number of nitrogens with zero attached hydrogens (tertiary/aromatic N) is 1. The van der Waals surface area contributed by atoms with Crippen LogP contribution in [0.25, 0.3) is 0 Å². The summed E-state index contributed by atoms with van der Waals surface area (Å²) in [6.45, 7) is 4.38. The molecule has 142 valence electrons. The van der Waals surface area contributed by atoms with E-state index in [9.17, 15) is 14.7 Å². The molecule has 0 radical (unpaired) electrons. The molecule has 2 aromatic rings. The highest BCUT2D eigenvalue weighted by Gasteiger charge is 2.41. The third-order valence-corrected chi connectivity index (χ3v) is 5.33. The van der Waals surface area contributed by atoms with Crippen molar-refractivity contribution in [1.29, 1.82) is 0 Å². The maximum absolute atomic E-state index is 13.1. The molecule has 1 aliphatic heterocycles. The predicted molar refractivity (Wildman–Crippen MR) is 105 cm³/mol. The second-order valence-corrected chi connectivity index (χ2v) is 7.67. The highest BCUT2D eigenvalue weighted by molar-refractivity contribution is 6.30. The minimum atomic E-state index is -0.910. The van der Waals surface area contributed by atoms with Crippen LogP contribution in [0.5, 0.6) is 5.75 Å². The van der Waals surface area contributed by atoms with Gasteiger partial charge < -0.3 is 15.3 Å². The van der Waals surface area contributed by atoms with Crippen molar-refractivity contribution in [2.75, 3.05) is 13.1 Å². The zero-order valence-electron chi connectivity index (χ0n) is 15.4. The molecule has 2 amide bonds. The number of amides is 2. The van der Waals surface area contributed by atoms with E-state index in [0.717, 1.165) is 5.56 Å². The van der Waals surface area contributed by atoms with E-state index in [-0.39, 0.29) is 29.9 Å². The quantitative estimate of drug-likeness (QED) is 0.847. The number of phenolic OH excluding ortho intramolecular Hbond substituents is 1. The van der Waals surface area contributed by atoms with Crippen molar-refractivity contribution in [3.63, 3.8) is 0 Å². The van der Waals surface area contributed by atoms with Crippen molar-refractivity contribution in [3.05, 3.63) is 64.7 Å². The molecule has 0 bridgehead atoms. The molecule has 0 aliphatic carbocycles. The Morgan fingerprint density at radius 1 is 1.26 bits per heavy atom. The molecule has 2 N–H and O–H groups in total. The summed E-state index contributed by atoms with van der Waals surface area (Å²) in [6.07, 6.45) is 0.134. The number of aromatic hydroxyl groups is 1. The number of rotatable bonds is 4. The second-order valence-electron chi connectivity index (χ2n) is 7.23.